The molecule has 20 heavy (non-hydrogen) atoms. The van der Waals surface area contributed by atoms with Crippen LogP contribution in [0.2, 0.25) is 0 Å². The number of hydrogen-bond donors (Lipinski definition) is 1. The maximum atomic E-state index is 5.99. The van der Waals surface area contributed by atoms with Gasteiger partial charge in [0.25, 0.3) is 0 Å². The van der Waals surface area contributed by atoms with Crippen LogP contribution in [0.3, 0.4) is 0 Å². The van der Waals surface area contributed by atoms with E-state index in [1.165, 1.54) is 0 Å². The van der Waals surface area contributed by atoms with Gasteiger partial charge in [-0.25, -0.2) is 0 Å². The second-order valence-corrected chi connectivity index (χ2v) is 4.74. The standard InChI is InChI=1S/C17H21NO2/c1-13-5-3-7-15(9-10-18)17(13)20-12-14-6-4-8-16(11-14)19-2/h3-8,11H,9-10,12,18H2,1-2H3. The molecular formula is C17H21NO2. The van der Waals surface area contributed by atoms with Crippen molar-refractivity contribution < 1.29 is 9.47 Å². The van der Waals surface area contributed by atoms with Crippen molar-refractivity contribution >= 4 is 0 Å². The molecule has 2 aromatic carbocycles. The van der Waals surface area contributed by atoms with E-state index in [1.807, 2.05) is 30.3 Å². The van der Waals surface area contributed by atoms with Crippen molar-refractivity contribution in [1.29, 1.82) is 0 Å². The van der Waals surface area contributed by atoms with Crippen LogP contribution in [-0.4, -0.2) is 13.7 Å². The molecule has 0 atom stereocenters. The second-order valence-electron chi connectivity index (χ2n) is 4.74. The largest absolute Gasteiger partial charge is 0.497 e. The zero-order chi connectivity index (χ0) is 14.4. The van der Waals surface area contributed by atoms with Crippen LogP contribution in [-0.2, 0) is 13.0 Å². The predicted octanol–water partition coefficient (Wildman–Crippen LogP) is 3.08. The highest BCUT2D eigenvalue weighted by Crippen LogP contribution is 2.25. The lowest BCUT2D eigenvalue weighted by Gasteiger charge is -2.14. The number of para-hydroxylation sites is 1. The Hall–Kier alpha value is -2.00. The molecule has 0 radical (unpaired) electrons. The van der Waals surface area contributed by atoms with Gasteiger partial charge in [-0.1, -0.05) is 30.3 Å². The number of aryl methyl sites for hydroxylation is 1. The van der Waals surface area contributed by atoms with Crippen molar-refractivity contribution in [3.8, 4) is 11.5 Å². The molecule has 0 amide bonds. The van der Waals surface area contributed by atoms with Crippen molar-refractivity contribution in [3.63, 3.8) is 0 Å². The first kappa shape index (κ1) is 14.4. The van der Waals surface area contributed by atoms with E-state index < -0.39 is 0 Å². The Morgan fingerprint density at radius 1 is 1.10 bits per heavy atom. The second kappa shape index (κ2) is 6.96. The number of ether oxygens (including phenoxy) is 2. The van der Waals surface area contributed by atoms with Crippen molar-refractivity contribution in [2.45, 2.75) is 20.0 Å². The van der Waals surface area contributed by atoms with Gasteiger partial charge in [0, 0.05) is 0 Å². The van der Waals surface area contributed by atoms with Crippen molar-refractivity contribution in [2.24, 2.45) is 5.73 Å². The zero-order valence-corrected chi connectivity index (χ0v) is 12.1. The maximum absolute atomic E-state index is 5.99. The first-order valence-corrected chi connectivity index (χ1v) is 6.79. The van der Waals surface area contributed by atoms with Crippen LogP contribution in [0.25, 0.3) is 0 Å². The molecule has 0 spiro atoms. The van der Waals surface area contributed by atoms with Crippen molar-refractivity contribution in [2.75, 3.05) is 13.7 Å². The summed E-state index contributed by atoms with van der Waals surface area (Å²) in [7, 11) is 1.67. The summed E-state index contributed by atoms with van der Waals surface area (Å²) >= 11 is 0. The highest BCUT2D eigenvalue weighted by molar-refractivity contribution is 5.41. The highest BCUT2D eigenvalue weighted by Gasteiger charge is 2.07. The topological polar surface area (TPSA) is 44.5 Å². The molecule has 0 aromatic heterocycles. The molecule has 0 fully saturated rings. The Morgan fingerprint density at radius 2 is 1.90 bits per heavy atom. The molecule has 0 aliphatic carbocycles. The van der Waals surface area contributed by atoms with E-state index in [0.29, 0.717) is 13.2 Å². The van der Waals surface area contributed by atoms with E-state index >= 15 is 0 Å². The number of nitrogens with two attached hydrogens (primary N) is 1. The van der Waals surface area contributed by atoms with Gasteiger partial charge in [-0.2, -0.15) is 0 Å². The molecule has 2 aromatic rings. The van der Waals surface area contributed by atoms with E-state index in [1.54, 1.807) is 7.11 Å². The summed E-state index contributed by atoms with van der Waals surface area (Å²) in [5.41, 5.74) is 9.04. The molecule has 0 heterocycles. The van der Waals surface area contributed by atoms with Gasteiger partial charge in [-0.15, -0.1) is 0 Å². The summed E-state index contributed by atoms with van der Waals surface area (Å²) in [5.74, 6) is 1.79. The summed E-state index contributed by atoms with van der Waals surface area (Å²) in [6.07, 6.45) is 0.828. The number of hydrogen-bond acceptors (Lipinski definition) is 3. The normalized spacial score (nSPS) is 10.3. The minimum absolute atomic E-state index is 0.527. The van der Waals surface area contributed by atoms with Gasteiger partial charge >= 0.3 is 0 Å². The summed E-state index contributed by atoms with van der Waals surface area (Å²) in [4.78, 5) is 0. The highest BCUT2D eigenvalue weighted by atomic mass is 16.5. The lowest BCUT2D eigenvalue weighted by molar-refractivity contribution is 0.300. The molecule has 0 saturated carbocycles. The summed E-state index contributed by atoms with van der Waals surface area (Å²) in [6, 6.07) is 14.1. The van der Waals surface area contributed by atoms with Crippen LogP contribution >= 0.6 is 0 Å². The predicted molar refractivity (Wildman–Crippen MR) is 81.3 cm³/mol. The molecule has 0 unspecified atom stereocenters. The maximum Gasteiger partial charge on any atom is 0.125 e. The Kier molecular flexibility index (Phi) is 5.02. The quantitative estimate of drug-likeness (QED) is 0.878. The average Bonchev–Trinajstić information content (AvgIpc) is 2.47. The first-order chi connectivity index (χ1) is 9.74. The zero-order valence-electron chi connectivity index (χ0n) is 12.1. The molecule has 0 aliphatic rings. The van der Waals surface area contributed by atoms with Crippen LogP contribution in [0.5, 0.6) is 11.5 Å². The fraction of sp³-hybridized carbons (Fsp3) is 0.294. The minimum Gasteiger partial charge on any atom is -0.497 e. The van der Waals surface area contributed by atoms with Crippen molar-refractivity contribution in [1.82, 2.24) is 0 Å². The monoisotopic (exact) mass is 271 g/mol. The Balaban J connectivity index is 2.13. The van der Waals surface area contributed by atoms with Gasteiger partial charge in [-0.05, 0) is 48.7 Å². The van der Waals surface area contributed by atoms with Crippen LogP contribution in [0.1, 0.15) is 16.7 Å². The molecule has 106 valence electrons. The van der Waals surface area contributed by atoms with Crippen LogP contribution in [0.4, 0.5) is 0 Å². The number of methoxy groups -OCH3 is 1. The molecule has 2 N–H and O–H groups in total. The van der Waals surface area contributed by atoms with E-state index in [0.717, 1.165) is 34.6 Å². The average molecular weight is 271 g/mol. The van der Waals surface area contributed by atoms with Crippen LogP contribution in [0.15, 0.2) is 42.5 Å². The fourth-order valence-electron chi connectivity index (χ4n) is 2.19. The van der Waals surface area contributed by atoms with E-state index in [4.69, 9.17) is 15.2 Å². The Morgan fingerprint density at radius 3 is 2.65 bits per heavy atom. The van der Waals surface area contributed by atoms with Gasteiger partial charge < -0.3 is 15.2 Å². The molecule has 0 bridgehead atoms. The molecule has 0 saturated heterocycles. The molecule has 2 rings (SSSR count). The molecular weight excluding hydrogens is 250 g/mol. The van der Waals surface area contributed by atoms with E-state index in [2.05, 4.69) is 19.1 Å². The molecule has 0 aliphatic heterocycles. The van der Waals surface area contributed by atoms with Gasteiger partial charge in [0.15, 0.2) is 0 Å². The third-order valence-electron chi connectivity index (χ3n) is 3.22. The van der Waals surface area contributed by atoms with Crippen LogP contribution < -0.4 is 15.2 Å². The number of rotatable bonds is 6. The summed E-state index contributed by atoms with van der Waals surface area (Å²) in [5, 5.41) is 0. The van der Waals surface area contributed by atoms with Gasteiger partial charge in [-0.3, -0.25) is 0 Å². The fourth-order valence-corrected chi connectivity index (χ4v) is 2.19. The van der Waals surface area contributed by atoms with E-state index in [-0.39, 0.29) is 0 Å². The lowest BCUT2D eigenvalue weighted by atomic mass is 10.1. The van der Waals surface area contributed by atoms with Gasteiger partial charge in [0.1, 0.15) is 18.1 Å². The van der Waals surface area contributed by atoms with Gasteiger partial charge in [0.2, 0.25) is 0 Å². The third-order valence-corrected chi connectivity index (χ3v) is 3.22. The first-order valence-electron chi connectivity index (χ1n) is 6.79. The Labute approximate surface area is 120 Å². The minimum atomic E-state index is 0.527. The lowest BCUT2D eigenvalue weighted by Crippen LogP contribution is -2.06. The van der Waals surface area contributed by atoms with Crippen molar-refractivity contribution in [3.05, 3.63) is 59.2 Å². The smallest absolute Gasteiger partial charge is 0.125 e. The Bertz CT molecular complexity index is 567. The number of benzene rings is 2. The third kappa shape index (κ3) is 3.52. The van der Waals surface area contributed by atoms with Crippen LogP contribution in [0, 0.1) is 6.92 Å². The van der Waals surface area contributed by atoms with E-state index in [9.17, 15) is 0 Å². The molecule has 3 heteroatoms. The molecule has 3 nitrogen and oxygen atoms in total. The summed E-state index contributed by atoms with van der Waals surface area (Å²) in [6.45, 7) is 3.21. The SMILES string of the molecule is COc1cccc(COc2c(C)cccc2CCN)c1. The summed E-state index contributed by atoms with van der Waals surface area (Å²) < 4.78 is 11.2. The van der Waals surface area contributed by atoms with Gasteiger partial charge in [0.05, 0.1) is 7.11 Å².